The quantitative estimate of drug-likeness (QED) is 0.165. The zero-order valence-corrected chi connectivity index (χ0v) is 19.3. The smallest absolute Gasteiger partial charge is 0.302 e. The van der Waals surface area contributed by atoms with Gasteiger partial charge < -0.3 is 49.6 Å². The van der Waals surface area contributed by atoms with Crippen LogP contribution in [0.15, 0.2) is 36.4 Å². The van der Waals surface area contributed by atoms with Crippen LogP contribution in [0.3, 0.4) is 0 Å². The van der Waals surface area contributed by atoms with Gasteiger partial charge in [0.05, 0.1) is 12.7 Å². The molecule has 36 heavy (non-hydrogen) atoms. The molecule has 0 unspecified atom stereocenters. The van der Waals surface area contributed by atoms with Crippen molar-refractivity contribution in [1.82, 2.24) is 0 Å². The number of phenols is 3. The van der Waals surface area contributed by atoms with Gasteiger partial charge in [0.2, 0.25) is 12.0 Å². The van der Waals surface area contributed by atoms with Crippen LogP contribution in [0.25, 0.3) is 6.08 Å². The number of ketones is 1. The Labute approximate surface area is 205 Å². The molecule has 5 atom stereocenters. The van der Waals surface area contributed by atoms with Crippen LogP contribution in [-0.2, 0) is 14.3 Å². The van der Waals surface area contributed by atoms with Crippen molar-refractivity contribution in [3.63, 3.8) is 0 Å². The predicted octanol–water partition coefficient (Wildman–Crippen LogP) is 0.458. The molecule has 12 nitrogen and oxygen atoms in total. The van der Waals surface area contributed by atoms with Crippen molar-refractivity contribution in [3.05, 3.63) is 47.5 Å². The molecule has 0 spiro atoms. The van der Waals surface area contributed by atoms with Gasteiger partial charge in [0.1, 0.15) is 31.0 Å². The van der Waals surface area contributed by atoms with Crippen LogP contribution < -0.4 is 9.47 Å². The number of aliphatic hydroxyl groups is 3. The number of carbonyl (C=O) groups excluding carboxylic acids is 2. The molecule has 0 aromatic heterocycles. The summed E-state index contributed by atoms with van der Waals surface area (Å²) in [4.78, 5) is 23.8. The predicted molar refractivity (Wildman–Crippen MR) is 122 cm³/mol. The lowest BCUT2D eigenvalue weighted by Crippen LogP contribution is -2.60. The third-order valence-corrected chi connectivity index (χ3v) is 5.36. The first-order valence-corrected chi connectivity index (χ1v) is 10.7. The monoisotopic (exact) mass is 506 g/mol. The number of ether oxygens (including phenoxy) is 4. The van der Waals surface area contributed by atoms with Gasteiger partial charge in [-0.25, -0.2) is 0 Å². The van der Waals surface area contributed by atoms with Gasteiger partial charge in [-0.15, -0.1) is 0 Å². The second-order valence-electron chi connectivity index (χ2n) is 7.87. The minimum Gasteiger partial charge on any atom is -0.504 e. The third-order valence-electron chi connectivity index (χ3n) is 5.36. The number of phenolic OH excluding ortho intramolecular Hbond substituents is 3. The van der Waals surface area contributed by atoms with E-state index in [2.05, 4.69) is 0 Å². The summed E-state index contributed by atoms with van der Waals surface area (Å²) in [5, 5.41) is 61.1. The van der Waals surface area contributed by atoms with Crippen molar-refractivity contribution in [2.24, 2.45) is 0 Å². The van der Waals surface area contributed by atoms with Crippen LogP contribution in [-0.4, -0.2) is 86.8 Å². The number of methoxy groups -OCH3 is 1. The fourth-order valence-corrected chi connectivity index (χ4v) is 3.42. The summed E-state index contributed by atoms with van der Waals surface area (Å²) in [6, 6.07) is 6.64. The molecule has 1 aliphatic rings. The molecule has 1 fully saturated rings. The summed E-state index contributed by atoms with van der Waals surface area (Å²) < 4.78 is 20.5. The highest BCUT2D eigenvalue weighted by Gasteiger charge is 2.46. The minimum absolute atomic E-state index is 0.138. The number of aromatic hydroxyl groups is 3. The molecule has 6 N–H and O–H groups in total. The van der Waals surface area contributed by atoms with E-state index in [0.717, 1.165) is 25.1 Å². The molecule has 3 rings (SSSR count). The summed E-state index contributed by atoms with van der Waals surface area (Å²) in [5.41, 5.74) is 0.181. The molecule has 2 aromatic rings. The van der Waals surface area contributed by atoms with Crippen LogP contribution in [0.2, 0.25) is 0 Å². The molecule has 194 valence electrons. The van der Waals surface area contributed by atoms with Crippen molar-refractivity contribution in [3.8, 4) is 28.7 Å². The topological polar surface area (TPSA) is 192 Å². The van der Waals surface area contributed by atoms with Gasteiger partial charge in [-0.2, -0.15) is 0 Å². The Bertz CT molecular complexity index is 1140. The Morgan fingerprint density at radius 2 is 1.72 bits per heavy atom. The normalized spacial score (nSPS) is 23.9. The average molecular weight is 506 g/mol. The molecule has 1 heterocycles. The summed E-state index contributed by atoms with van der Waals surface area (Å²) >= 11 is 0. The van der Waals surface area contributed by atoms with Crippen LogP contribution in [0, 0.1) is 0 Å². The Morgan fingerprint density at radius 1 is 1.00 bits per heavy atom. The average Bonchev–Trinajstić information content (AvgIpc) is 2.84. The number of rotatable bonds is 8. The molecule has 0 bridgehead atoms. The van der Waals surface area contributed by atoms with Crippen LogP contribution in [0.1, 0.15) is 22.8 Å². The highest BCUT2D eigenvalue weighted by Crippen LogP contribution is 2.41. The molecule has 0 amide bonds. The fourth-order valence-electron chi connectivity index (χ4n) is 3.42. The molecule has 12 heteroatoms. The molecule has 0 saturated carbocycles. The van der Waals surface area contributed by atoms with E-state index in [4.69, 9.17) is 18.9 Å². The van der Waals surface area contributed by atoms with E-state index in [9.17, 15) is 40.2 Å². The van der Waals surface area contributed by atoms with E-state index in [-0.39, 0.29) is 17.1 Å². The lowest BCUT2D eigenvalue weighted by atomic mass is 9.99. The molecule has 1 aliphatic heterocycles. The SMILES string of the molecule is COc1ccc(/C=C/C(=O)c2ccc(O)c(O[C@@H]3O[C@H](COC(C)=O)[C@@H](O)[C@H](O)[C@H]3O)c2O)cc1O. The van der Waals surface area contributed by atoms with Gasteiger partial charge >= 0.3 is 5.97 Å². The first-order chi connectivity index (χ1) is 17.0. The van der Waals surface area contributed by atoms with E-state index in [1.807, 2.05) is 0 Å². The second kappa shape index (κ2) is 11.3. The van der Waals surface area contributed by atoms with E-state index < -0.39 is 66.3 Å². The molecule has 0 radical (unpaired) electrons. The molecule has 1 saturated heterocycles. The number of hydrogen-bond acceptors (Lipinski definition) is 12. The zero-order chi connectivity index (χ0) is 26.6. The fraction of sp³-hybridized carbons (Fsp3) is 0.333. The van der Waals surface area contributed by atoms with Crippen molar-refractivity contribution >= 4 is 17.8 Å². The van der Waals surface area contributed by atoms with E-state index in [0.29, 0.717) is 5.56 Å². The van der Waals surface area contributed by atoms with E-state index >= 15 is 0 Å². The Hall–Kier alpha value is -3.84. The van der Waals surface area contributed by atoms with Gasteiger partial charge in [-0.05, 0) is 35.9 Å². The molecular formula is C24H26O12. The van der Waals surface area contributed by atoms with Crippen LogP contribution in [0.4, 0.5) is 0 Å². The van der Waals surface area contributed by atoms with Gasteiger partial charge in [0.25, 0.3) is 0 Å². The summed E-state index contributed by atoms with van der Waals surface area (Å²) in [6.07, 6.45) is -5.76. The highest BCUT2D eigenvalue weighted by molar-refractivity contribution is 6.09. The van der Waals surface area contributed by atoms with E-state index in [1.54, 1.807) is 6.07 Å². The van der Waals surface area contributed by atoms with E-state index in [1.165, 1.54) is 25.3 Å². The van der Waals surface area contributed by atoms with Crippen molar-refractivity contribution in [2.75, 3.05) is 13.7 Å². The first-order valence-electron chi connectivity index (χ1n) is 10.7. The minimum atomic E-state index is -1.82. The maximum Gasteiger partial charge on any atom is 0.302 e. The van der Waals surface area contributed by atoms with Crippen molar-refractivity contribution in [1.29, 1.82) is 0 Å². The van der Waals surface area contributed by atoms with Crippen molar-refractivity contribution in [2.45, 2.75) is 37.6 Å². The molecular weight excluding hydrogens is 480 g/mol. The van der Waals surface area contributed by atoms with Gasteiger partial charge in [0, 0.05) is 6.92 Å². The molecule has 0 aliphatic carbocycles. The number of allylic oxidation sites excluding steroid dienone is 1. The summed E-state index contributed by atoms with van der Waals surface area (Å²) in [7, 11) is 1.39. The Balaban J connectivity index is 1.81. The number of benzene rings is 2. The number of esters is 1. The van der Waals surface area contributed by atoms with Gasteiger partial charge in [-0.3, -0.25) is 9.59 Å². The number of carbonyl (C=O) groups is 2. The van der Waals surface area contributed by atoms with Crippen LogP contribution in [0.5, 0.6) is 28.7 Å². The standard InChI is InChI=1S/C24H26O12/c1-11(25)34-10-18-20(30)21(31)22(32)24(35-18)36-23-15(27)7-5-13(19(23)29)14(26)6-3-12-4-8-17(33-2)16(28)9-12/h3-9,18,20-22,24,27-32H,10H2,1-2H3/b6-3+/t18-,20-,21+,22-,24+/m1/s1. The van der Waals surface area contributed by atoms with Crippen LogP contribution >= 0.6 is 0 Å². The Morgan fingerprint density at radius 3 is 2.36 bits per heavy atom. The van der Waals surface area contributed by atoms with Gasteiger partial charge in [0.15, 0.2) is 28.8 Å². The molecule has 2 aromatic carbocycles. The lowest BCUT2D eigenvalue weighted by molar-refractivity contribution is -0.278. The number of aliphatic hydroxyl groups excluding tert-OH is 3. The largest absolute Gasteiger partial charge is 0.504 e. The van der Waals surface area contributed by atoms with Gasteiger partial charge in [-0.1, -0.05) is 12.1 Å². The third kappa shape index (κ3) is 5.86. The lowest BCUT2D eigenvalue weighted by Gasteiger charge is -2.39. The number of hydrogen-bond donors (Lipinski definition) is 6. The highest BCUT2D eigenvalue weighted by atomic mass is 16.7. The zero-order valence-electron chi connectivity index (χ0n) is 19.3. The second-order valence-corrected chi connectivity index (χ2v) is 7.87. The Kier molecular flexibility index (Phi) is 8.37. The first kappa shape index (κ1) is 26.8. The van der Waals surface area contributed by atoms with Crippen molar-refractivity contribution < 1.29 is 59.2 Å². The maximum atomic E-state index is 12.7. The maximum absolute atomic E-state index is 12.7. The summed E-state index contributed by atoms with van der Waals surface area (Å²) in [6.45, 7) is 0.654. The summed E-state index contributed by atoms with van der Waals surface area (Å²) in [5.74, 6) is -3.28.